The van der Waals surface area contributed by atoms with E-state index in [-0.39, 0.29) is 36.8 Å². The standard InChI is InChI=1S/C24H33N3O5/c1-4-5-11-25-21(30)19-24-14-15(2)23(3,32-24)17(18(24)22(31)27(19)12-13-28)20(29)26-16-9-7-6-8-10-16/h6-10,15,17-19,28H,4-5,11-14H2,1-3H3,(H,25,30)(H,26,29)/t15?,17-,18-,19?,23+,24?/m0/s1. The van der Waals surface area contributed by atoms with Crippen molar-refractivity contribution < 1.29 is 24.2 Å². The van der Waals surface area contributed by atoms with E-state index in [4.69, 9.17) is 4.74 Å². The van der Waals surface area contributed by atoms with Crippen molar-refractivity contribution in [2.24, 2.45) is 17.8 Å². The Labute approximate surface area is 188 Å². The average molecular weight is 444 g/mol. The largest absolute Gasteiger partial charge is 0.395 e. The van der Waals surface area contributed by atoms with Crippen LogP contribution in [-0.2, 0) is 19.1 Å². The molecular weight excluding hydrogens is 410 g/mol. The van der Waals surface area contributed by atoms with E-state index >= 15 is 0 Å². The van der Waals surface area contributed by atoms with Gasteiger partial charge in [-0.1, -0.05) is 38.5 Å². The number of aliphatic hydroxyl groups is 1. The molecule has 8 nitrogen and oxygen atoms in total. The molecule has 0 saturated carbocycles. The fourth-order valence-corrected chi connectivity index (χ4v) is 6.01. The number of nitrogens with zero attached hydrogens (tertiary/aromatic N) is 1. The predicted molar refractivity (Wildman–Crippen MR) is 119 cm³/mol. The summed E-state index contributed by atoms with van der Waals surface area (Å²) < 4.78 is 6.58. The lowest BCUT2D eigenvalue weighted by Crippen LogP contribution is -2.56. The molecule has 3 saturated heterocycles. The summed E-state index contributed by atoms with van der Waals surface area (Å²) in [5, 5.41) is 15.5. The van der Waals surface area contributed by atoms with Gasteiger partial charge in [0.05, 0.1) is 24.0 Å². The van der Waals surface area contributed by atoms with E-state index in [1.807, 2.05) is 39.0 Å². The van der Waals surface area contributed by atoms with Crippen LogP contribution in [0.1, 0.15) is 40.0 Å². The van der Waals surface area contributed by atoms with Crippen molar-refractivity contribution in [2.75, 3.05) is 25.0 Å². The molecule has 3 aliphatic rings. The third-order valence-electron chi connectivity index (χ3n) is 7.56. The van der Waals surface area contributed by atoms with Crippen LogP contribution in [0.25, 0.3) is 0 Å². The van der Waals surface area contributed by atoms with Crippen LogP contribution in [0, 0.1) is 17.8 Å². The molecule has 1 aromatic carbocycles. The summed E-state index contributed by atoms with van der Waals surface area (Å²) in [4.78, 5) is 41.8. The first-order chi connectivity index (χ1) is 15.3. The number of β-amino-alcohol motifs (C(OH)–C–C–N with tert-alkyl or cyclic N) is 1. The Hall–Kier alpha value is -2.45. The Bertz CT molecular complexity index is 893. The summed E-state index contributed by atoms with van der Waals surface area (Å²) in [6, 6.07) is 8.27. The third-order valence-corrected chi connectivity index (χ3v) is 7.56. The van der Waals surface area contributed by atoms with Crippen LogP contribution in [0.3, 0.4) is 0 Å². The van der Waals surface area contributed by atoms with Crippen molar-refractivity contribution in [1.29, 1.82) is 0 Å². The number of unbranched alkanes of at least 4 members (excludes halogenated alkanes) is 1. The predicted octanol–water partition coefficient (Wildman–Crippen LogP) is 1.54. The quantitative estimate of drug-likeness (QED) is 0.529. The first-order valence-corrected chi connectivity index (χ1v) is 11.5. The van der Waals surface area contributed by atoms with Gasteiger partial charge < -0.3 is 25.4 Å². The van der Waals surface area contributed by atoms with Crippen LogP contribution < -0.4 is 10.6 Å². The van der Waals surface area contributed by atoms with Crippen LogP contribution in [-0.4, -0.2) is 64.7 Å². The normalized spacial score (nSPS) is 35.1. The Balaban J connectivity index is 1.70. The molecule has 1 aromatic rings. The second-order valence-electron chi connectivity index (χ2n) is 9.46. The number of hydrogen-bond donors (Lipinski definition) is 3. The van der Waals surface area contributed by atoms with Gasteiger partial charge in [0.2, 0.25) is 17.7 Å². The summed E-state index contributed by atoms with van der Waals surface area (Å²) in [7, 11) is 0. The van der Waals surface area contributed by atoms with Crippen molar-refractivity contribution in [3.05, 3.63) is 30.3 Å². The van der Waals surface area contributed by atoms with Gasteiger partial charge in [-0.2, -0.15) is 0 Å². The fraction of sp³-hybridized carbons (Fsp3) is 0.625. The Morgan fingerprint density at radius 3 is 2.62 bits per heavy atom. The van der Waals surface area contributed by atoms with E-state index in [0.717, 1.165) is 12.8 Å². The molecule has 3 unspecified atom stereocenters. The van der Waals surface area contributed by atoms with Gasteiger partial charge in [0.25, 0.3) is 0 Å². The number of carbonyl (C=O) groups excluding carboxylic acids is 3. The van der Waals surface area contributed by atoms with E-state index in [9.17, 15) is 19.5 Å². The molecule has 3 fully saturated rings. The average Bonchev–Trinajstić information content (AvgIpc) is 3.26. The highest BCUT2D eigenvalue weighted by Crippen LogP contribution is 2.65. The molecule has 1 spiro atoms. The van der Waals surface area contributed by atoms with E-state index in [1.165, 1.54) is 4.90 Å². The lowest BCUT2D eigenvalue weighted by atomic mass is 9.62. The topological polar surface area (TPSA) is 108 Å². The molecule has 3 amide bonds. The third kappa shape index (κ3) is 3.31. The van der Waals surface area contributed by atoms with Crippen LogP contribution >= 0.6 is 0 Å². The molecule has 174 valence electrons. The highest BCUT2D eigenvalue weighted by atomic mass is 16.5. The van der Waals surface area contributed by atoms with Gasteiger partial charge in [-0.05, 0) is 37.8 Å². The Kier molecular flexibility index (Phi) is 6.02. The highest BCUT2D eigenvalue weighted by Gasteiger charge is 2.79. The smallest absolute Gasteiger partial charge is 0.245 e. The maximum atomic E-state index is 13.6. The molecule has 6 atom stereocenters. The van der Waals surface area contributed by atoms with Gasteiger partial charge in [0.1, 0.15) is 11.6 Å². The van der Waals surface area contributed by atoms with Crippen LogP contribution in [0.5, 0.6) is 0 Å². The number of carbonyl (C=O) groups is 3. The number of nitrogens with one attached hydrogen (secondary N) is 2. The lowest BCUT2D eigenvalue weighted by Gasteiger charge is -2.36. The van der Waals surface area contributed by atoms with Crippen molar-refractivity contribution in [3.8, 4) is 0 Å². The first kappa shape index (κ1) is 22.7. The van der Waals surface area contributed by atoms with Gasteiger partial charge >= 0.3 is 0 Å². The van der Waals surface area contributed by atoms with Crippen LogP contribution in [0.15, 0.2) is 30.3 Å². The zero-order chi connectivity index (χ0) is 23.1. The molecular formula is C24H33N3O5. The molecule has 3 aliphatic heterocycles. The summed E-state index contributed by atoms with van der Waals surface area (Å²) in [6.07, 6.45) is 2.29. The van der Waals surface area contributed by atoms with E-state index in [2.05, 4.69) is 10.6 Å². The molecule has 4 rings (SSSR count). The van der Waals surface area contributed by atoms with Crippen molar-refractivity contribution >= 4 is 23.4 Å². The molecule has 0 aromatic heterocycles. The molecule has 32 heavy (non-hydrogen) atoms. The van der Waals surface area contributed by atoms with Crippen LogP contribution in [0.2, 0.25) is 0 Å². The Morgan fingerprint density at radius 1 is 1.25 bits per heavy atom. The number of ether oxygens (including phenoxy) is 1. The lowest BCUT2D eigenvalue weighted by molar-refractivity contribution is -0.146. The number of aliphatic hydroxyl groups excluding tert-OH is 1. The molecule has 3 heterocycles. The number of anilines is 1. The zero-order valence-electron chi connectivity index (χ0n) is 19.0. The number of fused-ring (bicyclic) bond motifs is 1. The summed E-state index contributed by atoms with van der Waals surface area (Å²) >= 11 is 0. The van der Waals surface area contributed by atoms with Gasteiger partial charge in [0.15, 0.2) is 0 Å². The number of likely N-dealkylation sites (tertiary alicyclic amines) is 1. The van der Waals surface area contributed by atoms with Gasteiger partial charge in [-0.15, -0.1) is 0 Å². The molecule has 2 bridgehead atoms. The van der Waals surface area contributed by atoms with E-state index < -0.39 is 29.1 Å². The highest BCUT2D eigenvalue weighted by molar-refractivity contribution is 6.02. The summed E-state index contributed by atoms with van der Waals surface area (Å²) in [6.45, 7) is 6.22. The Morgan fingerprint density at radius 2 is 1.97 bits per heavy atom. The molecule has 8 heteroatoms. The minimum absolute atomic E-state index is 0.0157. The van der Waals surface area contributed by atoms with Crippen molar-refractivity contribution in [2.45, 2.75) is 57.3 Å². The summed E-state index contributed by atoms with van der Waals surface area (Å²) in [5.41, 5.74) is -1.28. The molecule has 0 radical (unpaired) electrons. The van der Waals surface area contributed by atoms with E-state index in [0.29, 0.717) is 18.7 Å². The zero-order valence-corrected chi connectivity index (χ0v) is 19.0. The van der Waals surface area contributed by atoms with Crippen molar-refractivity contribution in [1.82, 2.24) is 10.2 Å². The van der Waals surface area contributed by atoms with Gasteiger partial charge in [0, 0.05) is 18.8 Å². The number of hydrogen-bond acceptors (Lipinski definition) is 5. The second kappa shape index (κ2) is 8.48. The molecule has 0 aliphatic carbocycles. The van der Waals surface area contributed by atoms with Gasteiger partial charge in [-0.25, -0.2) is 0 Å². The molecule has 3 N–H and O–H groups in total. The second-order valence-corrected chi connectivity index (χ2v) is 9.46. The minimum Gasteiger partial charge on any atom is -0.395 e. The minimum atomic E-state index is -1.07. The van der Waals surface area contributed by atoms with E-state index in [1.54, 1.807) is 12.1 Å². The number of rotatable bonds is 8. The maximum Gasteiger partial charge on any atom is 0.245 e. The fourth-order valence-electron chi connectivity index (χ4n) is 6.01. The number of amides is 3. The maximum absolute atomic E-state index is 13.6. The number of benzene rings is 1. The van der Waals surface area contributed by atoms with Crippen LogP contribution in [0.4, 0.5) is 5.69 Å². The first-order valence-electron chi connectivity index (χ1n) is 11.5. The SMILES string of the molecule is CCCCNC(=O)C1N(CCO)C(=O)[C@@H]2[C@@H](C(=O)Nc3ccccc3)[C@]3(C)OC12CC3C. The summed E-state index contributed by atoms with van der Waals surface area (Å²) in [5.74, 6) is -2.35. The van der Waals surface area contributed by atoms with Crippen molar-refractivity contribution in [3.63, 3.8) is 0 Å². The number of para-hydroxylation sites is 1. The monoisotopic (exact) mass is 443 g/mol. The van der Waals surface area contributed by atoms with Gasteiger partial charge in [-0.3, -0.25) is 14.4 Å².